The molecule has 2 aromatic heterocycles. The van der Waals surface area contributed by atoms with E-state index >= 15 is 0 Å². The van der Waals surface area contributed by atoms with Crippen LogP contribution in [0.2, 0.25) is 5.02 Å². The minimum atomic E-state index is 0.626. The van der Waals surface area contributed by atoms with Gasteiger partial charge in [0.15, 0.2) is 5.82 Å². The fourth-order valence-electron chi connectivity index (χ4n) is 1.97. The molecule has 0 saturated carbocycles. The molecule has 0 radical (unpaired) electrons. The predicted molar refractivity (Wildman–Crippen MR) is 66.1 cm³/mol. The Bertz CT molecular complexity index is 511. The molecule has 3 nitrogen and oxygen atoms in total. The summed E-state index contributed by atoms with van der Waals surface area (Å²) in [6.07, 6.45) is 4.27. The second kappa shape index (κ2) is 4.03. The van der Waals surface area contributed by atoms with Crippen LogP contribution in [0.25, 0.3) is 0 Å². The Kier molecular flexibility index (Phi) is 2.53. The van der Waals surface area contributed by atoms with Crippen molar-refractivity contribution < 1.29 is 0 Å². The standard InChI is InChI=1S/C11H10ClN3S/c12-9-5-13-7-14-11(9)15-3-1-10-8(6-15)2-4-16-10/h2,4-5,7H,1,3,6H2. The van der Waals surface area contributed by atoms with Crippen LogP contribution < -0.4 is 4.90 Å². The molecule has 0 atom stereocenters. The van der Waals surface area contributed by atoms with Crippen LogP contribution in [0.15, 0.2) is 24.0 Å². The van der Waals surface area contributed by atoms with Gasteiger partial charge in [-0.3, -0.25) is 0 Å². The molecule has 1 aliphatic rings. The first-order valence-electron chi connectivity index (χ1n) is 5.10. The molecule has 0 saturated heterocycles. The van der Waals surface area contributed by atoms with Crippen molar-refractivity contribution in [1.82, 2.24) is 9.97 Å². The molecule has 0 amide bonds. The molecule has 2 aromatic rings. The van der Waals surface area contributed by atoms with Gasteiger partial charge in [-0.2, -0.15) is 0 Å². The zero-order chi connectivity index (χ0) is 11.0. The van der Waals surface area contributed by atoms with Crippen LogP contribution in [0, 0.1) is 0 Å². The summed E-state index contributed by atoms with van der Waals surface area (Å²) in [5.41, 5.74) is 1.39. The molecule has 16 heavy (non-hydrogen) atoms. The topological polar surface area (TPSA) is 29.0 Å². The Hall–Kier alpha value is -1.13. The number of anilines is 1. The largest absolute Gasteiger partial charge is 0.351 e. The lowest BCUT2D eigenvalue weighted by Gasteiger charge is -2.28. The smallest absolute Gasteiger partial charge is 0.151 e. The molecule has 0 aliphatic carbocycles. The van der Waals surface area contributed by atoms with Gasteiger partial charge in [-0.15, -0.1) is 11.3 Å². The Morgan fingerprint density at radius 1 is 1.44 bits per heavy atom. The molecule has 0 fully saturated rings. The summed E-state index contributed by atoms with van der Waals surface area (Å²) in [5, 5.41) is 2.77. The normalized spacial score (nSPS) is 14.9. The molecule has 0 spiro atoms. The molecule has 0 N–H and O–H groups in total. The van der Waals surface area contributed by atoms with Crippen LogP contribution in [0.5, 0.6) is 0 Å². The molecule has 1 aliphatic heterocycles. The maximum atomic E-state index is 6.09. The first-order valence-corrected chi connectivity index (χ1v) is 6.36. The average Bonchev–Trinajstić information content (AvgIpc) is 2.76. The number of fused-ring (bicyclic) bond motifs is 1. The van der Waals surface area contributed by atoms with Crippen molar-refractivity contribution in [2.45, 2.75) is 13.0 Å². The SMILES string of the molecule is Clc1cncnc1N1CCc2sccc2C1. The molecular weight excluding hydrogens is 242 g/mol. The minimum Gasteiger partial charge on any atom is -0.351 e. The van der Waals surface area contributed by atoms with Crippen molar-refractivity contribution in [2.24, 2.45) is 0 Å². The van der Waals surface area contributed by atoms with Gasteiger partial charge in [-0.05, 0) is 23.4 Å². The molecular formula is C11H10ClN3S. The average molecular weight is 252 g/mol. The number of hydrogen-bond donors (Lipinski definition) is 0. The predicted octanol–water partition coefficient (Wildman–Crippen LogP) is 2.75. The van der Waals surface area contributed by atoms with Gasteiger partial charge in [0.05, 0.1) is 6.20 Å². The van der Waals surface area contributed by atoms with Gasteiger partial charge in [-0.25, -0.2) is 9.97 Å². The summed E-state index contributed by atoms with van der Waals surface area (Å²) in [6.45, 7) is 1.87. The molecule has 3 rings (SSSR count). The zero-order valence-electron chi connectivity index (χ0n) is 8.56. The molecule has 0 aromatic carbocycles. The van der Waals surface area contributed by atoms with E-state index in [9.17, 15) is 0 Å². The Morgan fingerprint density at radius 3 is 3.25 bits per heavy atom. The van der Waals surface area contributed by atoms with Gasteiger partial charge in [0.1, 0.15) is 11.3 Å². The number of halogens is 1. The summed E-state index contributed by atoms with van der Waals surface area (Å²) < 4.78 is 0. The highest BCUT2D eigenvalue weighted by molar-refractivity contribution is 7.10. The molecule has 3 heterocycles. The number of thiophene rings is 1. The molecule has 0 unspecified atom stereocenters. The second-order valence-corrected chi connectivity index (χ2v) is 5.14. The van der Waals surface area contributed by atoms with Crippen molar-refractivity contribution >= 4 is 28.8 Å². The maximum Gasteiger partial charge on any atom is 0.151 e. The third-order valence-electron chi connectivity index (χ3n) is 2.76. The van der Waals surface area contributed by atoms with Crippen LogP contribution >= 0.6 is 22.9 Å². The number of nitrogens with zero attached hydrogens (tertiary/aromatic N) is 3. The Balaban J connectivity index is 1.92. The van der Waals surface area contributed by atoms with Crippen molar-refractivity contribution in [2.75, 3.05) is 11.4 Å². The number of aromatic nitrogens is 2. The highest BCUT2D eigenvalue weighted by Crippen LogP contribution is 2.29. The van der Waals surface area contributed by atoms with E-state index in [0.717, 1.165) is 25.3 Å². The lowest BCUT2D eigenvalue weighted by Crippen LogP contribution is -2.30. The fourth-order valence-corrected chi connectivity index (χ4v) is 3.08. The van der Waals surface area contributed by atoms with Crippen LogP contribution in [0.4, 0.5) is 5.82 Å². The van der Waals surface area contributed by atoms with Crippen LogP contribution in [-0.2, 0) is 13.0 Å². The van der Waals surface area contributed by atoms with Crippen LogP contribution in [-0.4, -0.2) is 16.5 Å². The van der Waals surface area contributed by atoms with Gasteiger partial charge < -0.3 is 4.90 Å². The first-order chi connectivity index (χ1) is 7.84. The minimum absolute atomic E-state index is 0.626. The van der Waals surface area contributed by atoms with E-state index in [1.807, 2.05) is 11.3 Å². The third-order valence-corrected chi connectivity index (χ3v) is 4.05. The molecule has 0 bridgehead atoms. The zero-order valence-corrected chi connectivity index (χ0v) is 10.1. The Morgan fingerprint density at radius 2 is 2.38 bits per heavy atom. The first kappa shape index (κ1) is 10.1. The van der Waals surface area contributed by atoms with E-state index in [1.54, 1.807) is 12.5 Å². The third kappa shape index (κ3) is 1.68. The highest BCUT2D eigenvalue weighted by Gasteiger charge is 2.19. The van der Waals surface area contributed by atoms with Crippen molar-refractivity contribution in [3.05, 3.63) is 39.4 Å². The van der Waals surface area contributed by atoms with E-state index in [4.69, 9.17) is 11.6 Å². The number of hydrogen-bond acceptors (Lipinski definition) is 4. The van der Waals surface area contributed by atoms with Crippen LogP contribution in [0.3, 0.4) is 0 Å². The van der Waals surface area contributed by atoms with Crippen molar-refractivity contribution in [1.29, 1.82) is 0 Å². The molecule has 5 heteroatoms. The fraction of sp³-hybridized carbons (Fsp3) is 0.273. The number of rotatable bonds is 1. The van der Waals surface area contributed by atoms with Gasteiger partial charge in [0.2, 0.25) is 0 Å². The summed E-state index contributed by atoms with van der Waals surface area (Å²) in [6, 6.07) is 2.18. The summed E-state index contributed by atoms with van der Waals surface area (Å²) in [5.74, 6) is 0.841. The molecule has 82 valence electrons. The van der Waals surface area contributed by atoms with Gasteiger partial charge in [0.25, 0.3) is 0 Å². The van der Waals surface area contributed by atoms with E-state index in [0.29, 0.717) is 5.02 Å². The van der Waals surface area contributed by atoms with Crippen molar-refractivity contribution in [3.8, 4) is 0 Å². The lowest BCUT2D eigenvalue weighted by atomic mass is 10.1. The van der Waals surface area contributed by atoms with Gasteiger partial charge >= 0.3 is 0 Å². The monoisotopic (exact) mass is 251 g/mol. The highest BCUT2D eigenvalue weighted by atomic mass is 35.5. The summed E-state index contributed by atoms with van der Waals surface area (Å²) >= 11 is 7.93. The van der Waals surface area contributed by atoms with Gasteiger partial charge in [-0.1, -0.05) is 11.6 Å². The summed E-state index contributed by atoms with van der Waals surface area (Å²) in [7, 11) is 0. The maximum absolute atomic E-state index is 6.09. The second-order valence-electron chi connectivity index (χ2n) is 3.73. The van der Waals surface area contributed by atoms with E-state index in [1.165, 1.54) is 10.4 Å². The van der Waals surface area contributed by atoms with E-state index < -0.39 is 0 Å². The van der Waals surface area contributed by atoms with E-state index in [2.05, 4.69) is 26.3 Å². The van der Waals surface area contributed by atoms with Crippen LogP contribution in [0.1, 0.15) is 10.4 Å². The summed E-state index contributed by atoms with van der Waals surface area (Å²) in [4.78, 5) is 11.8. The van der Waals surface area contributed by atoms with E-state index in [-0.39, 0.29) is 0 Å². The van der Waals surface area contributed by atoms with Crippen molar-refractivity contribution in [3.63, 3.8) is 0 Å². The quantitative estimate of drug-likeness (QED) is 0.781. The lowest BCUT2D eigenvalue weighted by molar-refractivity contribution is 0.730. The van der Waals surface area contributed by atoms with Gasteiger partial charge in [0, 0.05) is 18.0 Å². The Labute approximate surface area is 103 Å².